The molecule has 2 aromatic heterocycles. The van der Waals surface area contributed by atoms with Crippen LogP contribution in [0.1, 0.15) is 11.6 Å². The monoisotopic (exact) mass is 269 g/mol. The highest BCUT2D eigenvalue weighted by Gasteiger charge is 2.11. The van der Waals surface area contributed by atoms with Crippen LogP contribution in [0.3, 0.4) is 0 Å². The van der Waals surface area contributed by atoms with Crippen molar-refractivity contribution in [3.63, 3.8) is 0 Å². The third-order valence-electron chi connectivity index (χ3n) is 2.95. The average molecular weight is 269 g/mol. The maximum atomic E-state index is 5.34. The molecule has 1 aromatic carbocycles. The Morgan fingerprint density at radius 1 is 1.10 bits per heavy atom. The van der Waals surface area contributed by atoms with Crippen LogP contribution in [-0.4, -0.2) is 32.2 Å². The van der Waals surface area contributed by atoms with Crippen molar-refractivity contribution in [3.05, 3.63) is 60.3 Å². The van der Waals surface area contributed by atoms with E-state index in [0.717, 1.165) is 17.3 Å². The Hall–Kier alpha value is -2.47. The second-order valence-corrected chi connectivity index (χ2v) is 4.59. The predicted molar refractivity (Wildman–Crippen MR) is 73.0 cm³/mol. The Balaban J connectivity index is 1.74. The Morgan fingerprint density at radius 2 is 1.95 bits per heavy atom. The molecule has 102 valence electrons. The van der Waals surface area contributed by atoms with Crippen molar-refractivity contribution in [2.24, 2.45) is 0 Å². The summed E-state index contributed by atoms with van der Waals surface area (Å²) >= 11 is 0. The van der Waals surface area contributed by atoms with Gasteiger partial charge in [-0.3, -0.25) is 4.90 Å². The van der Waals surface area contributed by atoms with Gasteiger partial charge in [0.2, 0.25) is 0 Å². The molecule has 0 radical (unpaired) electrons. The SMILES string of the molecule is CN(Cc1ccco1)Cc1nnnn1-c1ccccc1. The summed E-state index contributed by atoms with van der Waals surface area (Å²) in [7, 11) is 2.01. The Kier molecular flexibility index (Phi) is 3.56. The fourth-order valence-corrected chi connectivity index (χ4v) is 2.04. The van der Waals surface area contributed by atoms with Crippen LogP contribution in [-0.2, 0) is 13.1 Å². The van der Waals surface area contributed by atoms with Gasteiger partial charge < -0.3 is 4.42 Å². The molecule has 0 fully saturated rings. The molecule has 0 N–H and O–H groups in total. The van der Waals surface area contributed by atoms with Gasteiger partial charge in [0.25, 0.3) is 0 Å². The normalized spacial score (nSPS) is 11.1. The molecule has 3 rings (SSSR count). The van der Waals surface area contributed by atoms with Gasteiger partial charge in [0, 0.05) is 0 Å². The Labute approximate surface area is 116 Å². The largest absolute Gasteiger partial charge is 0.468 e. The smallest absolute Gasteiger partial charge is 0.170 e. The number of para-hydroxylation sites is 1. The van der Waals surface area contributed by atoms with Gasteiger partial charge in [0.15, 0.2) is 5.82 Å². The summed E-state index contributed by atoms with van der Waals surface area (Å²) in [6.07, 6.45) is 1.68. The number of hydrogen-bond donors (Lipinski definition) is 0. The topological polar surface area (TPSA) is 60.0 Å². The molecular weight excluding hydrogens is 254 g/mol. The molecule has 6 heteroatoms. The van der Waals surface area contributed by atoms with E-state index in [1.807, 2.05) is 49.5 Å². The molecule has 0 bridgehead atoms. The number of furan rings is 1. The molecule has 0 aliphatic rings. The molecular formula is C14H15N5O. The van der Waals surface area contributed by atoms with Crippen LogP contribution in [0.15, 0.2) is 53.1 Å². The molecule has 0 amide bonds. The maximum Gasteiger partial charge on any atom is 0.170 e. The van der Waals surface area contributed by atoms with Crippen molar-refractivity contribution < 1.29 is 4.42 Å². The first kappa shape index (κ1) is 12.6. The van der Waals surface area contributed by atoms with Gasteiger partial charge in [0.1, 0.15) is 5.76 Å². The molecule has 0 aliphatic heterocycles. The van der Waals surface area contributed by atoms with E-state index in [9.17, 15) is 0 Å². The minimum absolute atomic E-state index is 0.641. The standard InChI is InChI=1S/C14H15N5O/c1-18(10-13-8-5-9-20-13)11-14-15-16-17-19(14)12-6-3-2-4-7-12/h2-9H,10-11H2,1H3. The van der Waals surface area contributed by atoms with E-state index >= 15 is 0 Å². The van der Waals surface area contributed by atoms with E-state index in [1.54, 1.807) is 10.9 Å². The first-order valence-corrected chi connectivity index (χ1v) is 6.36. The number of tetrazole rings is 1. The third-order valence-corrected chi connectivity index (χ3v) is 2.95. The first-order chi connectivity index (χ1) is 9.83. The minimum atomic E-state index is 0.641. The first-order valence-electron chi connectivity index (χ1n) is 6.36. The van der Waals surface area contributed by atoms with Gasteiger partial charge in [-0.25, -0.2) is 0 Å². The van der Waals surface area contributed by atoms with Crippen LogP contribution in [0.5, 0.6) is 0 Å². The number of nitrogens with zero attached hydrogens (tertiary/aromatic N) is 5. The van der Waals surface area contributed by atoms with Crippen LogP contribution < -0.4 is 0 Å². The molecule has 0 atom stereocenters. The van der Waals surface area contributed by atoms with E-state index in [4.69, 9.17) is 4.42 Å². The third kappa shape index (κ3) is 2.75. The summed E-state index contributed by atoms with van der Waals surface area (Å²) in [5.74, 6) is 1.72. The van der Waals surface area contributed by atoms with E-state index in [-0.39, 0.29) is 0 Å². The van der Waals surface area contributed by atoms with Crippen LogP contribution in [0.25, 0.3) is 5.69 Å². The lowest BCUT2D eigenvalue weighted by Gasteiger charge is -2.14. The average Bonchev–Trinajstić information content (AvgIpc) is 3.11. The van der Waals surface area contributed by atoms with Crippen molar-refractivity contribution in [2.75, 3.05) is 7.05 Å². The summed E-state index contributed by atoms with van der Waals surface area (Å²) in [5.41, 5.74) is 0.957. The zero-order valence-electron chi connectivity index (χ0n) is 11.2. The zero-order chi connectivity index (χ0) is 13.8. The Bertz CT molecular complexity index is 647. The van der Waals surface area contributed by atoms with Gasteiger partial charge in [0.05, 0.1) is 25.0 Å². The summed E-state index contributed by atoms with van der Waals surface area (Å²) in [6, 6.07) is 13.7. The van der Waals surface area contributed by atoms with Gasteiger partial charge in [-0.1, -0.05) is 18.2 Å². The zero-order valence-corrected chi connectivity index (χ0v) is 11.2. The highest BCUT2D eigenvalue weighted by Crippen LogP contribution is 2.10. The molecule has 2 heterocycles. The van der Waals surface area contributed by atoms with Crippen molar-refractivity contribution in [2.45, 2.75) is 13.1 Å². The lowest BCUT2D eigenvalue weighted by molar-refractivity contribution is 0.279. The van der Waals surface area contributed by atoms with E-state index < -0.39 is 0 Å². The van der Waals surface area contributed by atoms with E-state index in [2.05, 4.69) is 20.4 Å². The van der Waals surface area contributed by atoms with Crippen LogP contribution in [0, 0.1) is 0 Å². The Morgan fingerprint density at radius 3 is 2.70 bits per heavy atom. The van der Waals surface area contributed by atoms with Crippen LogP contribution in [0.2, 0.25) is 0 Å². The fraction of sp³-hybridized carbons (Fsp3) is 0.214. The van der Waals surface area contributed by atoms with Gasteiger partial charge >= 0.3 is 0 Å². The number of aromatic nitrogens is 4. The highest BCUT2D eigenvalue weighted by atomic mass is 16.3. The van der Waals surface area contributed by atoms with Crippen molar-refractivity contribution in [1.82, 2.24) is 25.1 Å². The minimum Gasteiger partial charge on any atom is -0.468 e. The molecule has 0 saturated heterocycles. The summed E-state index contributed by atoms with van der Waals surface area (Å²) in [6.45, 7) is 1.36. The van der Waals surface area contributed by atoms with Crippen molar-refractivity contribution in [3.8, 4) is 5.69 Å². The summed E-state index contributed by atoms with van der Waals surface area (Å²) in [4.78, 5) is 2.10. The van der Waals surface area contributed by atoms with Crippen molar-refractivity contribution >= 4 is 0 Å². The lowest BCUT2D eigenvalue weighted by atomic mass is 10.3. The quantitative estimate of drug-likeness (QED) is 0.708. The predicted octanol–water partition coefficient (Wildman–Crippen LogP) is 1.89. The molecule has 0 spiro atoms. The number of hydrogen-bond acceptors (Lipinski definition) is 5. The molecule has 0 saturated carbocycles. The molecule has 0 aliphatic carbocycles. The van der Waals surface area contributed by atoms with Crippen LogP contribution >= 0.6 is 0 Å². The highest BCUT2D eigenvalue weighted by molar-refractivity contribution is 5.30. The summed E-state index contributed by atoms with van der Waals surface area (Å²) in [5, 5.41) is 11.9. The molecule has 6 nitrogen and oxygen atoms in total. The van der Waals surface area contributed by atoms with Gasteiger partial charge in [-0.2, -0.15) is 4.68 Å². The summed E-state index contributed by atoms with van der Waals surface area (Å²) < 4.78 is 7.09. The second-order valence-electron chi connectivity index (χ2n) is 4.59. The van der Waals surface area contributed by atoms with Crippen LogP contribution in [0.4, 0.5) is 0 Å². The maximum absolute atomic E-state index is 5.34. The number of rotatable bonds is 5. The second kappa shape index (κ2) is 5.66. The van der Waals surface area contributed by atoms with Crippen molar-refractivity contribution in [1.29, 1.82) is 0 Å². The fourth-order valence-electron chi connectivity index (χ4n) is 2.04. The molecule has 20 heavy (non-hydrogen) atoms. The van der Waals surface area contributed by atoms with Gasteiger partial charge in [-0.05, 0) is 41.7 Å². The van der Waals surface area contributed by atoms with E-state index in [1.165, 1.54) is 0 Å². The molecule has 0 unspecified atom stereocenters. The lowest BCUT2D eigenvalue weighted by Crippen LogP contribution is -2.19. The number of benzene rings is 1. The van der Waals surface area contributed by atoms with Gasteiger partial charge in [-0.15, -0.1) is 5.10 Å². The molecule has 3 aromatic rings. The van der Waals surface area contributed by atoms with E-state index in [0.29, 0.717) is 13.1 Å².